The summed E-state index contributed by atoms with van der Waals surface area (Å²) in [6.45, 7) is 5.27. The molecular weight excluding hydrogens is 298 g/mol. The number of hydrogen-bond acceptors (Lipinski definition) is 4. The molecule has 1 aliphatic heterocycles. The predicted molar refractivity (Wildman–Crippen MR) is 79.2 cm³/mol. The normalized spacial score (nSPS) is 16.5. The molecule has 1 fully saturated rings. The molecule has 1 amide bonds. The lowest BCUT2D eigenvalue weighted by molar-refractivity contribution is -0.141. The van der Waals surface area contributed by atoms with Gasteiger partial charge >= 0.3 is 5.97 Å². The Morgan fingerprint density at radius 2 is 1.95 bits per heavy atom. The van der Waals surface area contributed by atoms with Crippen molar-refractivity contribution in [2.75, 3.05) is 13.1 Å². The van der Waals surface area contributed by atoms with Crippen LogP contribution in [-0.4, -0.2) is 36.0 Å². The summed E-state index contributed by atoms with van der Waals surface area (Å²) in [6, 6.07) is 3.27. The van der Waals surface area contributed by atoms with E-state index in [4.69, 9.17) is 16.3 Å². The highest BCUT2D eigenvalue weighted by atomic mass is 35.5. The minimum Gasteiger partial charge on any atom is -0.448 e. The number of rotatable bonds is 4. The van der Waals surface area contributed by atoms with Crippen molar-refractivity contribution in [3.63, 3.8) is 0 Å². The average molecular weight is 316 g/mol. The minimum atomic E-state index is -0.721. The number of thiophene rings is 1. The molecule has 0 bridgehead atoms. The zero-order chi connectivity index (χ0) is 14.7. The van der Waals surface area contributed by atoms with Crippen LogP contribution in [-0.2, 0) is 9.53 Å². The third kappa shape index (κ3) is 3.52. The van der Waals surface area contributed by atoms with Crippen molar-refractivity contribution < 1.29 is 14.3 Å². The first-order chi connectivity index (χ1) is 9.49. The fraction of sp³-hybridized carbons (Fsp3) is 0.571. The largest absolute Gasteiger partial charge is 0.448 e. The van der Waals surface area contributed by atoms with Gasteiger partial charge in [0.1, 0.15) is 4.88 Å². The lowest BCUT2D eigenvalue weighted by atomic mass is 10.1. The molecule has 4 nitrogen and oxygen atoms in total. The summed E-state index contributed by atoms with van der Waals surface area (Å²) in [4.78, 5) is 26.6. The maximum Gasteiger partial charge on any atom is 0.349 e. The van der Waals surface area contributed by atoms with Crippen LogP contribution in [0.25, 0.3) is 0 Å². The number of carbonyl (C=O) groups is 2. The van der Waals surface area contributed by atoms with Gasteiger partial charge in [0.15, 0.2) is 6.10 Å². The topological polar surface area (TPSA) is 46.6 Å². The van der Waals surface area contributed by atoms with Crippen LogP contribution in [0.5, 0.6) is 0 Å². The molecule has 20 heavy (non-hydrogen) atoms. The summed E-state index contributed by atoms with van der Waals surface area (Å²) in [7, 11) is 0. The maximum atomic E-state index is 12.4. The molecule has 2 rings (SSSR count). The highest BCUT2D eigenvalue weighted by Crippen LogP contribution is 2.24. The zero-order valence-corrected chi connectivity index (χ0v) is 13.2. The van der Waals surface area contributed by atoms with Gasteiger partial charge in [0, 0.05) is 13.1 Å². The molecule has 1 aromatic rings. The quantitative estimate of drug-likeness (QED) is 0.802. The third-order valence-electron chi connectivity index (χ3n) is 3.28. The fourth-order valence-electron chi connectivity index (χ4n) is 2.19. The van der Waals surface area contributed by atoms with Crippen LogP contribution in [0.4, 0.5) is 0 Å². The third-order valence-corrected chi connectivity index (χ3v) is 4.49. The Labute approximate surface area is 127 Å². The number of carbonyl (C=O) groups excluding carboxylic acids is 2. The number of esters is 1. The Morgan fingerprint density at radius 3 is 2.45 bits per heavy atom. The van der Waals surface area contributed by atoms with E-state index in [1.807, 2.05) is 13.8 Å². The van der Waals surface area contributed by atoms with E-state index in [0.717, 1.165) is 37.3 Å². The van der Waals surface area contributed by atoms with Gasteiger partial charge in [-0.05, 0) is 30.9 Å². The molecular formula is C14H18ClNO3S. The molecule has 2 heterocycles. The van der Waals surface area contributed by atoms with Crippen molar-refractivity contribution in [3.05, 3.63) is 21.3 Å². The van der Waals surface area contributed by atoms with Crippen molar-refractivity contribution in [1.29, 1.82) is 0 Å². The molecule has 1 saturated heterocycles. The average Bonchev–Trinajstić information content (AvgIpc) is 3.05. The molecule has 0 unspecified atom stereocenters. The van der Waals surface area contributed by atoms with Crippen molar-refractivity contribution in [2.45, 2.75) is 32.8 Å². The van der Waals surface area contributed by atoms with Crippen LogP contribution in [0, 0.1) is 5.92 Å². The Morgan fingerprint density at radius 1 is 1.30 bits per heavy atom. The predicted octanol–water partition coefficient (Wildman–Crippen LogP) is 3.21. The van der Waals surface area contributed by atoms with Crippen molar-refractivity contribution in [1.82, 2.24) is 4.90 Å². The second-order valence-corrected chi connectivity index (χ2v) is 6.92. The number of likely N-dealkylation sites (tertiary alicyclic amines) is 1. The van der Waals surface area contributed by atoms with Gasteiger partial charge in [0.2, 0.25) is 0 Å². The molecule has 1 aromatic heterocycles. The maximum absolute atomic E-state index is 12.4. The summed E-state index contributed by atoms with van der Waals surface area (Å²) < 4.78 is 5.94. The van der Waals surface area contributed by atoms with Crippen LogP contribution in [0.1, 0.15) is 36.4 Å². The first-order valence-corrected chi connectivity index (χ1v) is 7.93. The van der Waals surface area contributed by atoms with Gasteiger partial charge in [-0.15, -0.1) is 11.3 Å². The lowest BCUT2D eigenvalue weighted by Gasteiger charge is -2.25. The Kier molecular flexibility index (Phi) is 5.05. The Hall–Kier alpha value is -1.07. The second kappa shape index (κ2) is 6.59. The molecule has 6 heteroatoms. The Balaban J connectivity index is 2.05. The smallest absolute Gasteiger partial charge is 0.349 e. The number of hydrogen-bond donors (Lipinski definition) is 0. The van der Waals surface area contributed by atoms with Crippen LogP contribution in [0.3, 0.4) is 0 Å². The molecule has 0 saturated carbocycles. The van der Waals surface area contributed by atoms with Gasteiger partial charge in [0.05, 0.1) is 4.34 Å². The zero-order valence-electron chi connectivity index (χ0n) is 11.6. The molecule has 0 aliphatic carbocycles. The van der Waals surface area contributed by atoms with Crippen molar-refractivity contribution >= 4 is 34.8 Å². The van der Waals surface area contributed by atoms with Gasteiger partial charge < -0.3 is 9.64 Å². The fourth-order valence-corrected chi connectivity index (χ4v) is 3.11. The van der Waals surface area contributed by atoms with Crippen LogP contribution >= 0.6 is 22.9 Å². The van der Waals surface area contributed by atoms with Crippen LogP contribution < -0.4 is 0 Å². The monoisotopic (exact) mass is 315 g/mol. The molecule has 1 atom stereocenters. The number of halogens is 1. The number of ether oxygens (including phenoxy) is 1. The van der Waals surface area contributed by atoms with E-state index in [-0.39, 0.29) is 11.8 Å². The summed E-state index contributed by atoms with van der Waals surface area (Å²) in [6.07, 6.45) is 1.32. The highest BCUT2D eigenvalue weighted by Gasteiger charge is 2.32. The summed E-state index contributed by atoms with van der Waals surface area (Å²) >= 11 is 6.96. The van der Waals surface area contributed by atoms with Crippen LogP contribution in [0.2, 0.25) is 4.34 Å². The first kappa shape index (κ1) is 15.3. The van der Waals surface area contributed by atoms with E-state index < -0.39 is 12.1 Å². The molecule has 0 radical (unpaired) electrons. The van der Waals surface area contributed by atoms with Crippen molar-refractivity contribution in [2.24, 2.45) is 5.92 Å². The van der Waals surface area contributed by atoms with Crippen molar-refractivity contribution in [3.8, 4) is 0 Å². The standard InChI is InChI=1S/C14H18ClNO3S/c1-9(2)12(13(17)16-7-3-4-8-16)19-14(18)10-5-6-11(15)20-10/h5-6,9,12H,3-4,7-8H2,1-2H3/t12-/m0/s1. The van der Waals surface area contributed by atoms with E-state index in [9.17, 15) is 9.59 Å². The number of nitrogens with zero attached hydrogens (tertiary/aromatic N) is 1. The van der Waals surface area contributed by atoms with Gasteiger partial charge in [-0.3, -0.25) is 4.79 Å². The summed E-state index contributed by atoms with van der Waals surface area (Å²) in [5, 5.41) is 0. The van der Waals surface area contributed by atoms with E-state index >= 15 is 0 Å². The van der Waals surface area contributed by atoms with Gasteiger partial charge in [-0.1, -0.05) is 25.4 Å². The minimum absolute atomic E-state index is 0.0533. The van der Waals surface area contributed by atoms with Crippen LogP contribution in [0.15, 0.2) is 12.1 Å². The van der Waals surface area contributed by atoms with Gasteiger partial charge in [-0.2, -0.15) is 0 Å². The van der Waals surface area contributed by atoms with Gasteiger partial charge in [0.25, 0.3) is 5.91 Å². The molecule has 0 N–H and O–H groups in total. The molecule has 110 valence electrons. The molecule has 1 aliphatic rings. The number of amides is 1. The van der Waals surface area contributed by atoms with E-state index in [1.165, 1.54) is 0 Å². The van der Waals surface area contributed by atoms with E-state index in [0.29, 0.717) is 9.21 Å². The summed E-state index contributed by atoms with van der Waals surface area (Å²) in [5.41, 5.74) is 0. The SMILES string of the molecule is CC(C)[C@H](OC(=O)c1ccc(Cl)s1)C(=O)N1CCCC1. The lowest BCUT2D eigenvalue weighted by Crippen LogP contribution is -2.42. The van der Waals surface area contributed by atoms with E-state index in [1.54, 1.807) is 17.0 Å². The first-order valence-electron chi connectivity index (χ1n) is 6.74. The van der Waals surface area contributed by atoms with E-state index in [2.05, 4.69) is 0 Å². The molecule has 0 spiro atoms. The van der Waals surface area contributed by atoms with Gasteiger partial charge in [-0.25, -0.2) is 4.79 Å². The highest BCUT2D eigenvalue weighted by molar-refractivity contribution is 7.17. The molecule has 0 aromatic carbocycles. The summed E-state index contributed by atoms with van der Waals surface area (Å²) in [5.74, 6) is -0.621. The Bertz CT molecular complexity index is 494. The second-order valence-electron chi connectivity index (χ2n) is 5.21.